The van der Waals surface area contributed by atoms with Crippen molar-refractivity contribution in [2.75, 3.05) is 16.8 Å². The maximum atomic E-state index is 12.6. The van der Waals surface area contributed by atoms with E-state index in [0.29, 0.717) is 10.7 Å². The first kappa shape index (κ1) is 19.2. The molecule has 1 atom stereocenters. The molecule has 1 heterocycles. The molecule has 1 fully saturated rings. The van der Waals surface area contributed by atoms with Crippen LogP contribution in [0.1, 0.15) is 17.5 Å². The second kappa shape index (κ2) is 7.23. The van der Waals surface area contributed by atoms with E-state index in [9.17, 15) is 22.8 Å². The molecule has 8 heteroatoms. The standard InChI is InChI=1S/C19H16ClF3N2O2/c1-11-15(20)3-2-4-16(11)25-10-12(9-17(25)26)18(27)24-14-7-5-13(6-8-14)19(21,22)23/h2-8,12H,9-10H2,1H3,(H,24,27). The van der Waals surface area contributed by atoms with Crippen LogP contribution in [0.2, 0.25) is 5.02 Å². The quantitative estimate of drug-likeness (QED) is 0.820. The van der Waals surface area contributed by atoms with Crippen LogP contribution in [0.5, 0.6) is 0 Å². The number of nitrogens with zero attached hydrogens (tertiary/aromatic N) is 1. The van der Waals surface area contributed by atoms with E-state index in [1.165, 1.54) is 17.0 Å². The van der Waals surface area contributed by atoms with Crippen LogP contribution in [0.15, 0.2) is 42.5 Å². The Kier molecular flexibility index (Phi) is 5.15. The number of alkyl halides is 3. The van der Waals surface area contributed by atoms with Crippen LogP contribution in [-0.4, -0.2) is 18.4 Å². The molecular formula is C19H16ClF3N2O2. The van der Waals surface area contributed by atoms with Crippen LogP contribution < -0.4 is 10.2 Å². The average Bonchev–Trinajstić information content (AvgIpc) is 2.99. The monoisotopic (exact) mass is 396 g/mol. The van der Waals surface area contributed by atoms with Crippen molar-refractivity contribution >= 4 is 34.8 Å². The number of amides is 2. The molecule has 1 N–H and O–H groups in total. The van der Waals surface area contributed by atoms with Crippen molar-refractivity contribution in [1.82, 2.24) is 0 Å². The van der Waals surface area contributed by atoms with Crippen LogP contribution in [0.3, 0.4) is 0 Å². The van der Waals surface area contributed by atoms with Crippen LogP contribution >= 0.6 is 11.6 Å². The first-order valence-corrected chi connectivity index (χ1v) is 8.58. The Balaban J connectivity index is 1.70. The number of hydrogen-bond acceptors (Lipinski definition) is 2. The highest BCUT2D eigenvalue weighted by molar-refractivity contribution is 6.31. The summed E-state index contributed by atoms with van der Waals surface area (Å²) in [6.07, 6.45) is -4.41. The summed E-state index contributed by atoms with van der Waals surface area (Å²) >= 11 is 6.09. The number of carbonyl (C=O) groups excluding carboxylic acids is 2. The molecule has 0 aliphatic carbocycles. The molecule has 2 amide bonds. The third kappa shape index (κ3) is 4.08. The molecule has 1 unspecified atom stereocenters. The summed E-state index contributed by atoms with van der Waals surface area (Å²) in [6, 6.07) is 9.39. The summed E-state index contributed by atoms with van der Waals surface area (Å²) in [6.45, 7) is 1.98. The predicted molar refractivity (Wildman–Crippen MR) is 96.7 cm³/mol. The van der Waals surface area contributed by atoms with Crippen molar-refractivity contribution < 1.29 is 22.8 Å². The molecule has 0 saturated carbocycles. The van der Waals surface area contributed by atoms with Crippen molar-refractivity contribution in [2.24, 2.45) is 5.92 Å². The van der Waals surface area contributed by atoms with Crippen LogP contribution in [0.4, 0.5) is 24.5 Å². The molecule has 0 radical (unpaired) electrons. The van der Waals surface area contributed by atoms with E-state index in [2.05, 4.69) is 5.32 Å². The summed E-state index contributed by atoms with van der Waals surface area (Å²) in [5.41, 5.74) is 0.852. The van der Waals surface area contributed by atoms with E-state index in [-0.39, 0.29) is 24.6 Å². The van der Waals surface area contributed by atoms with E-state index < -0.39 is 23.6 Å². The smallest absolute Gasteiger partial charge is 0.326 e. The van der Waals surface area contributed by atoms with Crippen molar-refractivity contribution in [2.45, 2.75) is 19.5 Å². The summed E-state index contributed by atoms with van der Waals surface area (Å²) in [4.78, 5) is 26.3. The molecule has 1 aliphatic rings. The molecule has 4 nitrogen and oxygen atoms in total. The minimum Gasteiger partial charge on any atom is -0.326 e. The van der Waals surface area contributed by atoms with Crippen molar-refractivity contribution in [3.63, 3.8) is 0 Å². The highest BCUT2D eigenvalue weighted by Gasteiger charge is 2.36. The number of hydrogen-bond donors (Lipinski definition) is 1. The Morgan fingerprint density at radius 1 is 1.19 bits per heavy atom. The molecule has 2 aromatic rings. The fourth-order valence-corrected chi connectivity index (χ4v) is 3.16. The SMILES string of the molecule is Cc1c(Cl)cccc1N1CC(C(=O)Nc2ccc(C(F)(F)F)cc2)CC1=O. The van der Waals surface area contributed by atoms with Gasteiger partial charge in [-0.1, -0.05) is 17.7 Å². The first-order valence-electron chi connectivity index (χ1n) is 8.20. The molecule has 1 aliphatic heterocycles. The molecule has 0 bridgehead atoms. The number of rotatable bonds is 3. The highest BCUT2D eigenvalue weighted by atomic mass is 35.5. The lowest BCUT2D eigenvalue weighted by Gasteiger charge is -2.19. The van der Waals surface area contributed by atoms with E-state index in [0.717, 1.165) is 17.7 Å². The Hall–Kier alpha value is -2.54. The summed E-state index contributed by atoms with van der Waals surface area (Å²) < 4.78 is 37.8. The van der Waals surface area contributed by atoms with Gasteiger partial charge in [-0.15, -0.1) is 0 Å². The molecule has 27 heavy (non-hydrogen) atoms. The Morgan fingerprint density at radius 3 is 2.48 bits per heavy atom. The third-order valence-corrected chi connectivity index (χ3v) is 4.91. The molecule has 0 spiro atoms. The van der Waals surface area contributed by atoms with Gasteiger partial charge in [-0.25, -0.2) is 0 Å². The fraction of sp³-hybridized carbons (Fsp3) is 0.263. The summed E-state index contributed by atoms with van der Waals surface area (Å²) in [5, 5.41) is 3.10. The molecular weight excluding hydrogens is 381 g/mol. The molecule has 0 aromatic heterocycles. The zero-order valence-electron chi connectivity index (χ0n) is 14.3. The van der Waals surface area contributed by atoms with Gasteiger partial charge in [-0.2, -0.15) is 13.2 Å². The van der Waals surface area contributed by atoms with Crippen LogP contribution in [0, 0.1) is 12.8 Å². The maximum Gasteiger partial charge on any atom is 0.416 e. The van der Waals surface area contributed by atoms with E-state index in [4.69, 9.17) is 11.6 Å². The highest BCUT2D eigenvalue weighted by Crippen LogP contribution is 2.32. The number of nitrogens with one attached hydrogen (secondary N) is 1. The Bertz CT molecular complexity index is 882. The van der Waals surface area contributed by atoms with Gasteiger partial charge in [0.1, 0.15) is 0 Å². The lowest BCUT2D eigenvalue weighted by molar-refractivity contribution is -0.137. The van der Waals surface area contributed by atoms with Gasteiger partial charge in [0.15, 0.2) is 0 Å². The molecule has 142 valence electrons. The van der Waals surface area contributed by atoms with Gasteiger partial charge in [0.25, 0.3) is 0 Å². The summed E-state index contributed by atoms with van der Waals surface area (Å²) in [5.74, 6) is -1.21. The van der Waals surface area contributed by atoms with E-state index in [1.54, 1.807) is 25.1 Å². The fourth-order valence-electron chi connectivity index (χ4n) is 2.99. The van der Waals surface area contributed by atoms with Gasteiger partial charge in [-0.05, 0) is 48.9 Å². The van der Waals surface area contributed by atoms with Gasteiger partial charge in [0, 0.05) is 29.4 Å². The Labute approximate surface area is 158 Å². The molecule has 2 aromatic carbocycles. The predicted octanol–water partition coefficient (Wildman–Crippen LogP) is 4.66. The van der Waals surface area contributed by atoms with Gasteiger partial charge in [-0.3, -0.25) is 9.59 Å². The number of anilines is 2. The number of benzene rings is 2. The lowest BCUT2D eigenvalue weighted by atomic mass is 10.1. The zero-order valence-corrected chi connectivity index (χ0v) is 15.1. The largest absolute Gasteiger partial charge is 0.416 e. The first-order chi connectivity index (χ1) is 12.7. The van der Waals surface area contributed by atoms with Gasteiger partial charge < -0.3 is 10.2 Å². The Morgan fingerprint density at radius 2 is 1.85 bits per heavy atom. The number of carbonyl (C=O) groups is 2. The van der Waals surface area contributed by atoms with Gasteiger partial charge in [0.2, 0.25) is 11.8 Å². The second-order valence-electron chi connectivity index (χ2n) is 6.35. The van der Waals surface area contributed by atoms with Crippen molar-refractivity contribution in [3.8, 4) is 0 Å². The third-order valence-electron chi connectivity index (χ3n) is 4.51. The normalized spacial score (nSPS) is 17.3. The minimum atomic E-state index is -4.43. The minimum absolute atomic E-state index is 0.0262. The van der Waals surface area contributed by atoms with Crippen LogP contribution in [0.25, 0.3) is 0 Å². The van der Waals surface area contributed by atoms with Gasteiger partial charge >= 0.3 is 6.18 Å². The maximum absolute atomic E-state index is 12.6. The van der Waals surface area contributed by atoms with Crippen molar-refractivity contribution in [1.29, 1.82) is 0 Å². The number of halogens is 4. The van der Waals surface area contributed by atoms with Crippen molar-refractivity contribution in [3.05, 3.63) is 58.6 Å². The average molecular weight is 397 g/mol. The second-order valence-corrected chi connectivity index (χ2v) is 6.76. The van der Waals surface area contributed by atoms with E-state index in [1.807, 2.05) is 0 Å². The lowest BCUT2D eigenvalue weighted by Crippen LogP contribution is -2.28. The zero-order chi connectivity index (χ0) is 19.8. The molecule has 1 saturated heterocycles. The van der Waals surface area contributed by atoms with E-state index >= 15 is 0 Å². The van der Waals surface area contributed by atoms with Gasteiger partial charge in [0.05, 0.1) is 11.5 Å². The molecule has 3 rings (SSSR count). The van der Waals surface area contributed by atoms with Crippen LogP contribution in [-0.2, 0) is 15.8 Å². The summed E-state index contributed by atoms with van der Waals surface area (Å²) in [7, 11) is 0. The topological polar surface area (TPSA) is 49.4 Å².